The molecule has 18 heavy (non-hydrogen) atoms. The molecule has 106 valence electrons. The largest absolute Gasteiger partial charge is 0.314 e. The lowest BCUT2D eigenvalue weighted by Crippen LogP contribution is -2.36. The summed E-state index contributed by atoms with van der Waals surface area (Å²) in [6.45, 7) is 11.0. The smallest absolute Gasteiger partial charge is 0.0116 e. The number of nitrogens with zero attached hydrogens (tertiary/aromatic N) is 1. The molecule has 2 rings (SSSR count). The van der Waals surface area contributed by atoms with Crippen LogP contribution in [0.15, 0.2) is 0 Å². The van der Waals surface area contributed by atoms with Crippen LogP contribution in [0.3, 0.4) is 0 Å². The molecule has 1 heterocycles. The highest BCUT2D eigenvalue weighted by molar-refractivity contribution is 8.00. The van der Waals surface area contributed by atoms with Gasteiger partial charge >= 0.3 is 0 Å². The van der Waals surface area contributed by atoms with Gasteiger partial charge in [-0.15, -0.1) is 0 Å². The lowest BCUT2D eigenvalue weighted by molar-refractivity contribution is 0.205. The third-order valence-corrected chi connectivity index (χ3v) is 5.68. The minimum absolute atomic E-state index is 0.488. The number of nitrogens with one attached hydrogen (secondary N) is 1. The van der Waals surface area contributed by atoms with Gasteiger partial charge in [-0.1, -0.05) is 13.8 Å². The van der Waals surface area contributed by atoms with Gasteiger partial charge in [-0.25, -0.2) is 0 Å². The molecule has 2 nitrogen and oxygen atoms in total. The Kier molecular flexibility index (Phi) is 5.40. The van der Waals surface area contributed by atoms with Crippen molar-refractivity contribution in [2.75, 3.05) is 25.4 Å². The predicted molar refractivity (Wildman–Crippen MR) is 82.4 cm³/mol. The first-order chi connectivity index (χ1) is 8.57. The zero-order chi connectivity index (χ0) is 13.0. The third-order valence-electron chi connectivity index (χ3n) is 4.30. The summed E-state index contributed by atoms with van der Waals surface area (Å²) in [6.07, 6.45) is 6.85. The second-order valence-corrected chi connectivity index (χ2v) is 8.42. The van der Waals surface area contributed by atoms with E-state index < -0.39 is 0 Å². The molecule has 1 saturated carbocycles. The topological polar surface area (TPSA) is 15.3 Å². The first-order valence-corrected chi connectivity index (χ1v) is 8.67. The average Bonchev–Trinajstić information content (AvgIpc) is 3.12. The second-order valence-electron chi connectivity index (χ2n) is 6.61. The van der Waals surface area contributed by atoms with Crippen LogP contribution in [0.4, 0.5) is 0 Å². The van der Waals surface area contributed by atoms with E-state index in [-0.39, 0.29) is 0 Å². The summed E-state index contributed by atoms with van der Waals surface area (Å²) in [5.74, 6) is 1.30. The molecule has 1 aliphatic heterocycles. The van der Waals surface area contributed by atoms with Crippen molar-refractivity contribution >= 4 is 11.8 Å². The van der Waals surface area contributed by atoms with E-state index in [1.54, 1.807) is 0 Å². The van der Waals surface area contributed by atoms with E-state index in [1.165, 1.54) is 57.5 Å². The molecule has 0 amide bonds. The van der Waals surface area contributed by atoms with E-state index in [2.05, 4.69) is 42.7 Å². The van der Waals surface area contributed by atoms with Crippen molar-refractivity contribution < 1.29 is 0 Å². The Labute approximate surface area is 117 Å². The Balaban J connectivity index is 1.62. The Morgan fingerprint density at radius 2 is 2.11 bits per heavy atom. The van der Waals surface area contributed by atoms with Gasteiger partial charge in [-0.2, -0.15) is 11.8 Å². The molecular formula is C15H30N2S. The molecule has 0 bridgehead atoms. The maximum Gasteiger partial charge on any atom is 0.0116 e. The summed E-state index contributed by atoms with van der Waals surface area (Å²) < 4.78 is 0.488. The van der Waals surface area contributed by atoms with E-state index >= 15 is 0 Å². The molecule has 1 atom stereocenters. The Morgan fingerprint density at radius 3 is 2.83 bits per heavy atom. The highest BCUT2D eigenvalue weighted by atomic mass is 32.2. The lowest BCUT2D eigenvalue weighted by Gasteiger charge is -2.28. The Bertz CT molecular complexity index is 251. The maximum absolute atomic E-state index is 3.62. The van der Waals surface area contributed by atoms with Gasteiger partial charge < -0.3 is 5.32 Å². The Morgan fingerprint density at radius 1 is 1.33 bits per heavy atom. The monoisotopic (exact) mass is 270 g/mol. The number of rotatable bonds is 6. The van der Waals surface area contributed by atoms with Gasteiger partial charge in [0, 0.05) is 29.1 Å². The SMILES string of the molecule is CC(CCCNC1CC1)N1CCSC(C)(C)CC1. The molecule has 1 N–H and O–H groups in total. The normalized spacial score (nSPS) is 26.8. The van der Waals surface area contributed by atoms with Gasteiger partial charge in [0.15, 0.2) is 0 Å². The van der Waals surface area contributed by atoms with Crippen molar-refractivity contribution in [3.63, 3.8) is 0 Å². The van der Waals surface area contributed by atoms with Gasteiger partial charge in [0.2, 0.25) is 0 Å². The van der Waals surface area contributed by atoms with Crippen molar-refractivity contribution in [3.05, 3.63) is 0 Å². The van der Waals surface area contributed by atoms with Gasteiger partial charge in [0.25, 0.3) is 0 Å². The molecule has 0 aromatic carbocycles. The molecule has 0 aromatic heterocycles. The molecule has 1 saturated heterocycles. The van der Waals surface area contributed by atoms with Crippen molar-refractivity contribution in [1.82, 2.24) is 10.2 Å². The van der Waals surface area contributed by atoms with Crippen molar-refractivity contribution in [1.29, 1.82) is 0 Å². The van der Waals surface area contributed by atoms with E-state index in [0.29, 0.717) is 4.75 Å². The molecule has 3 heteroatoms. The first-order valence-electron chi connectivity index (χ1n) is 7.68. The standard InChI is InChI=1S/C15H30N2S/c1-13(5-4-9-16-14-6-7-14)17-10-8-15(2,3)18-12-11-17/h13-14,16H,4-12H2,1-3H3. The van der Waals surface area contributed by atoms with Crippen molar-refractivity contribution in [2.24, 2.45) is 0 Å². The zero-order valence-corrected chi connectivity index (χ0v) is 13.2. The number of hydrogen-bond acceptors (Lipinski definition) is 3. The Hall–Kier alpha value is 0.270. The van der Waals surface area contributed by atoms with E-state index in [9.17, 15) is 0 Å². The quantitative estimate of drug-likeness (QED) is 0.747. The maximum atomic E-state index is 3.62. The fourth-order valence-corrected chi connectivity index (χ4v) is 3.76. The fraction of sp³-hybridized carbons (Fsp3) is 1.00. The molecule has 0 radical (unpaired) electrons. The van der Waals surface area contributed by atoms with Crippen LogP contribution in [-0.4, -0.2) is 47.1 Å². The van der Waals surface area contributed by atoms with Gasteiger partial charge in [0.1, 0.15) is 0 Å². The van der Waals surface area contributed by atoms with Crippen LogP contribution in [0.2, 0.25) is 0 Å². The molecule has 0 spiro atoms. The second kappa shape index (κ2) is 6.62. The van der Waals surface area contributed by atoms with Gasteiger partial charge in [-0.05, 0) is 52.1 Å². The average molecular weight is 270 g/mol. The highest BCUT2D eigenvalue weighted by Gasteiger charge is 2.25. The lowest BCUT2D eigenvalue weighted by atomic mass is 10.1. The molecule has 2 aliphatic rings. The fourth-order valence-electron chi connectivity index (χ4n) is 2.65. The van der Waals surface area contributed by atoms with Crippen molar-refractivity contribution in [3.8, 4) is 0 Å². The summed E-state index contributed by atoms with van der Waals surface area (Å²) in [6, 6.07) is 1.64. The summed E-state index contributed by atoms with van der Waals surface area (Å²) >= 11 is 2.15. The van der Waals surface area contributed by atoms with Gasteiger partial charge in [0.05, 0.1) is 0 Å². The number of thioether (sulfide) groups is 1. The van der Waals surface area contributed by atoms with Crippen LogP contribution >= 0.6 is 11.8 Å². The van der Waals surface area contributed by atoms with Crippen LogP contribution in [-0.2, 0) is 0 Å². The van der Waals surface area contributed by atoms with E-state index in [1.807, 2.05) is 0 Å². The summed E-state index contributed by atoms with van der Waals surface area (Å²) in [4.78, 5) is 2.71. The molecule has 1 unspecified atom stereocenters. The predicted octanol–water partition coefficient (Wildman–Crippen LogP) is 3.12. The van der Waals surface area contributed by atoms with Crippen LogP contribution in [0.1, 0.15) is 52.9 Å². The van der Waals surface area contributed by atoms with Crippen LogP contribution < -0.4 is 5.32 Å². The summed E-state index contributed by atoms with van der Waals surface area (Å²) in [7, 11) is 0. The van der Waals surface area contributed by atoms with Crippen LogP contribution in [0.25, 0.3) is 0 Å². The molecule has 1 aliphatic carbocycles. The zero-order valence-electron chi connectivity index (χ0n) is 12.4. The van der Waals surface area contributed by atoms with Crippen LogP contribution in [0.5, 0.6) is 0 Å². The highest BCUT2D eigenvalue weighted by Crippen LogP contribution is 2.31. The summed E-state index contributed by atoms with van der Waals surface area (Å²) in [5, 5.41) is 3.62. The first kappa shape index (κ1) is 14.7. The van der Waals surface area contributed by atoms with E-state index in [4.69, 9.17) is 0 Å². The van der Waals surface area contributed by atoms with E-state index in [0.717, 1.165) is 12.1 Å². The van der Waals surface area contributed by atoms with Crippen molar-refractivity contribution in [2.45, 2.75) is 69.7 Å². The minimum Gasteiger partial charge on any atom is -0.314 e. The molecular weight excluding hydrogens is 240 g/mol. The number of hydrogen-bond donors (Lipinski definition) is 1. The van der Waals surface area contributed by atoms with Gasteiger partial charge in [-0.3, -0.25) is 4.90 Å². The minimum atomic E-state index is 0.488. The summed E-state index contributed by atoms with van der Waals surface area (Å²) in [5.41, 5.74) is 0. The molecule has 2 fully saturated rings. The molecule has 0 aromatic rings. The van der Waals surface area contributed by atoms with Crippen LogP contribution in [0, 0.1) is 0 Å². The third kappa shape index (κ3) is 5.10.